The van der Waals surface area contributed by atoms with Crippen LogP contribution in [0.15, 0.2) is 30.5 Å². The number of aromatic nitrogens is 2. The van der Waals surface area contributed by atoms with E-state index in [1.54, 1.807) is 11.0 Å². The Hall–Kier alpha value is -1.42. The Labute approximate surface area is 173 Å². The van der Waals surface area contributed by atoms with Crippen molar-refractivity contribution in [3.63, 3.8) is 0 Å². The number of hydrogen-bond acceptors (Lipinski definition) is 3. The summed E-state index contributed by atoms with van der Waals surface area (Å²) in [7, 11) is 0. The quantitative estimate of drug-likeness (QED) is 0.427. The third-order valence-corrected chi connectivity index (χ3v) is 5.57. The molecule has 9 heteroatoms. The SMILES string of the molecule is O=C(c1cnnc(CI)c1)N1CCCC(c2ccc(Cl)cc2C(F)(F)F)C1. The molecular weight excluding hydrogens is 494 g/mol. The van der Waals surface area contributed by atoms with Crippen LogP contribution in [-0.4, -0.2) is 34.1 Å². The Morgan fingerprint density at radius 2 is 2.11 bits per heavy atom. The van der Waals surface area contributed by atoms with Gasteiger partial charge in [-0.15, -0.1) is 0 Å². The van der Waals surface area contributed by atoms with Crippen LogP contribution in [0.2, 0.25) is 5.02 Å². The molecular formula is C18H16ClF3IN3O. The first-order chi connectivity index (χ1) is 12.8. The molecule has 1 atom stereocenters. The fraction of sp³-hybridized carbons (Fsp3) is 0.389. The van der Waals surface area contributed by atoms with Crippen molar-refractivity contribution < 1.29 is 18.0 Å². The predicted octanol–water partition coefficient (Wildman–Crippen LogP) is 5.10. The van der Waals surface area contributed by atoms with Crippen LogP contribution in [0, 0.1) is 0 Å². The van der Waals surface area contributed by atoms with E-state index in [0.717, 1.165) is 6.07 Å². The molecule has 1 amide bonds. The van der Waals surface area contributed by atoms with E-state index in [4.69, 9.17) is 11.6 Å². The topological polar surface area (TPSA) is 46.1 Å². The predicted molar refractivity (Wildman–Crippen MR) is 104 cm³/mol. The summed E-state index contributed by atoms with van der Waals surface area (Å²) in [5.74, 6) is -0.626. The summed E-state index contributed by atoms with van der Waals surface area (Å²) in [5.41, 5.74) is 0.550. The number of likely N-dealkylation sites (tertiary alicyclic amines) is 1. The van der Waals surface area contributed by atoms with E-state index in [1.807, 2.05) is 0 Å². The zero-order valence-corrected chi connectivity index (χ0v) is 17.1. The standard InChI is InChI=1S/C18H16ClF3IN3O/c19-13-3-4-15(16(7-13)18(20,21)22)11-2-1-5-26(10-11)17(27)12-6-14(8-23)25-24-9-12/h3-4,6-7,9,11H,1-2,5,8,10H2. The first kappa shape index (κ1) is 20.3. The number of alkyl halides is 4. The highest BCUT2D eigenvalue weighted by Crippen LogP contribution is 2.39. The molecule has 0 radical (unpaired) electrons. The van der Waals surface area contributed by atoms with E-state index in [9.17, 15) is 18.0 Å². The second-order valence-corrected chi connectivity index (χ2v) is 7.59. The van der Waals surface area contributed by atoms with Crippen molar-refractivity contribution in [3.05, 3.63) is 57.9 Å². The fourth-order valence-corrected chi connectivity index (χ4v) is 3.87. The number of benzene rings is 1. The lowest BCUT2D eigenvalue weighted by molar-refractivity contribution is -0.138. The van der Waals surface area contributed by atoms with Gasteiger partial charge in [-0.05, 0) is 36.6 Å². The van der Waals surface area contributed by atoms with Crippen molar-refractivity contribution in [2.24, 2.45) is 0 Å². The maximum Gasteiger partial charge on any atom is 0.416 e. The molecule has 1 aromatic heterocycles. The van der Waals surface area contributed by atoms with Crippen LogP contribution in [0.25, 0.3) is 0 Å². The maximum atomic E-state index is 13.4. The highest BCUT2D eigenvalue weighted by molar-refractivity contribution is 14.1. The molecule has 1 fully saturated rings. The van der Waals surface area contributed by atoms with E-state index in [2.05, 4.69) is 32.8 Å². The Morgan fingerprint density at radius 1 is 1.33 bits per heavy atom. The van der Waals surface area contributed by atoms with E-state index in [-0.39, 0.29) is 23.0 Å². The minimum atomic E-state index is -4.49. The van der Waals surface area contributed by atoms with E-state index >= 15 is 0 Å². The Kier molecular flexibility index (Phi) is 6.25. The number of hydrogen-bond donors (Lipinski definition) is 0. The minimum absolute atomic E-state index is 0.0454. The van der Waals surface area contributed by atoms with E-state index in [1.165, 1.54) is 18.3 Å². The minimum Gasteiger partial charge on any atom is -0.338 e. The zero-order chi connectivity index (χ0) is 19.6. The molecule has 2 aromatic rings. The molecule has 1 aromatic carbocycles. The molecule has 0 bridgehead atoms. The average Bonchev–Trinajstić information content (AvgIpc) is 2.67. The third kappa shape index (κ3) is 4.71. The van der Waals surface area contributed by atoms with Gasteiger partial charge in [0, 0.05) is 28.5 Å². The molecule has 1 saturated heterocycles. The van der Waals surface area contributed by atoms with Gasteiger partial charge >= 0.3 is 6.18 Å². The molecule has 1 aliphatic heterocycles. The molecule has 144 valence electrons. The summed E-state index contributed by atoms with van der Waals surface area (Å²) >= 11 is 7.90. The Bertz CT molecular complexity index is 847. The van der Waals surface area contributed by atoms with Crippen molar-refractivity contribution in [2.75, 3.05) is 13.1 Å². The Balaban J connectivity index is 1.85. The molecule has 1 aliphatic rings. The summed E-state index contributed by atoms with van der Waals surface area (Å²) in [4.78, 5) is 14.4. The number of halogens is 5. The van der Waals surface area contributed by atoms with Crippen LogP contribution in [-0.2, 0) is 10.6 Å². The van der Waals surface area contributed by atoms with Crippen LogP contribution >= 0.6 is 34.2 Å². The van der Waals surface area contributed by atoms with Crippen LogP contribution in [0.3, 0.4) is 0 Å². The molecule has 2 heterocycles. The van der Waals surface area contributed by atoms with Crippen molar-refractivity contribution in [1.29, 1.82) is 0 Å². The van der Waals surface area contributed by atoms with Crippen LogP contribution in [0.1, 0.15) is 45.9 Å². The van der Waals surface area contributed by atoms with Gasteiger partial charge in [-0.2, -0.15) is 23.4 Å². The molecule has 27 heavy (non-hydrogen) atoms. The summed E-state index contributed by atoms with van der Waals surface area (Å²) in [6, 6.07) is 5.52. The molecule has 0 aliphatic carbocycles. The molecule has 3 rings (SSSR count). The highest BCUT2D eigenvalue weighted by atomic mass is 127. The van der Waals surface area contributed by atoms with Gasteiger partial charge in [0.25, 0.3) is 5.91 Å². The summed E-state index contributed by atoms with van der Waals surface area (Å²) in [6.07, 6.45) is -1.88. The fourth-order valence-electron chi connectivity index (χ4n) is 3.32. The second kappa shape index (κ2) is 8.30. The van der Waals surface area contributed by atoms with Gasteiger partial charge < -0.3 is 4.90 Å². The van der Waals surface area contributed by atoms with Gasteiger partial charge in [0.05, 0.1) is 23.0 Å². The number of carbonyl (C=O) groups is 1. The number of rotatable bonds is 3. The van der Waals surface area contributed by atoms with Crippen molar-refractivity contribution >= 4 is 40.1 Å². The van der Waals surface area contributed by atoms with Crippen LogP contribution in [0.5, 0.6) is 0 Å². The maximum absolute atomic E-state index is 13.4. The summed E-state index contributed by atoms with van der Waals surface area (Å²) in [6.45, 7) is 0.734. The molecule has 4 nitrogen and oxygen atoms in total. The molecule has 0 spiro atoms. The van der Waals surface area contributed by atoms with Crippen molar-refractivity contribution in [2.45, 2.75) is 29.4 Å². The first-order valence-electron chi connectivity index (χ1n) is 8.33. The van der Waals surface area contributed by atoms with Crippen molar-refractivity contribution in [3.8, 4) is 0 Å². The smallest absolute Gasteiger partial charge is 0.338 e. The largest absolute Gasteiger partial charge is 0.416 e. The normalized spacial score (nSPS) is 17.8. The summed E-state index contributed by atoms with van der Waals surface area (Å²) in [5, 5.41) is 7.81. The average molecular weight is 510 g/mol. The van der Waals surface area contributed by atoms with Crippen molar-refractivity contribution in [1.82, 2.24) is 15.1 Å². The lowest BCUT2D eigenvalue weighted by Crippen LogP contribution is -2.39. The van der Waals surface area contributed by atoms with Gasteiger partial charge in [-0.1, -0.05) is 40.3 Å². The van der Waals surface area contributed by atoms with Crippen LogP contribution in [0.4, 0.5) is 13.2 Å². The van der Waals surface area contributed by atoms with E-state index in [0.29, 0.717) is 35.1 Å². The van der Waals surface area contributed by atoms with Crippen LogP contribution < -0.4 is 0 Å². The number of carbonyl (C=O) groups excluding carboxylic acids is 1. The molecule has 0 saturated carbocycles. The van der Waals surface area contributed by atoms with Gasteiger partial charge in [0.2, 0.25) is 0 Å². The van der Waals surface area contributed by atoms with E-state index < -0.39 is 17.7 Å². The van der Waals surface area contributed by atoms with Gasteiger partial charge in [0.1, 0.15) is 0 Å². The Morgan fingerprint density at radius 3 is 2.81 bits per heavy atom. The lowest BCUT2D eigenvalue weighted by Gasteiger charge is -2.34. The number of amides is 1. The van der Waals surface area contributed by atoms with Gasteiger partial charge in [0.15, 0.2) is 0 Å². The lowest BCUT2D eigenvalue weighted by atomic mass is 9.87. The molecule has 1 unspecified atom stereocenters. The first-order valence-corrected chi connectivity index (χ1v) is 10.2. The zero-order valence-electron chi connectivity index (χ0n) is 14.1. The highest BCUT2D eigenvalue weighted by Gasteiger charge is 2.37. The van der Waals surface area contributed by atoms with Gasteiger partial charge in [-0.25, -0.2) is 0 Å². The third-order valence-electron chi connectivity index (χ3n) is 4.56. The number of piperidine rings is 1. The van der Waals surface area contributed by atoms with Gasteiger partial charge in [-0.3, -0.25) is 4.79 Å². The summed E-state index contributed by atoms with van der Waals surface area (Å²) < 4.78 is 40.9. The molecule has 0 N–H and O–H groups in total. The second-order valence-electron chi connectivity index (χ2n) is 6.39. The monoisotopic (exact) mass is 509 g/mol. The number of nitrogens with zero attached hydrogens (tertiary/aromatic N) is 3.